The highest BCUT2D eigenvalue weighted by Crippen LogP contribution is 2.32. The molecule has 1 aromatic carbocycles. The van der Waals surface area contributed by atoms with Crippen LogP contribution in [-0.2, 0) is 0 Å². The van der Waals surface area contributed by atoms with Gasteiger partial charge in [-0.15, -0.1) is 10.2 Å². The van der Waals surface area contributed by atoms with Gasteiger partial charge in [0.1, 0.15) is 11.4 Å². The van der Waals surface area contributed by atoms with Crippen LogP contribution in [0.5, 0.6) is 5.75 Å². The number of hydrogen-bond acceptors (Lipinski definition) is 7. The van der Waals surface area contributed by atoms with Gasteiger partial charge in [0.15, 0.2) is 5.01 Å². The highest BCUT2D eigenvalue weighted by molar-refractivity contribution is 7.18. The summed E-state index contributed by atoms with van der Waals surface area (Å²) in [7, 11) is 1.72. The average Bonchev–Trinajstić information content (AvgIpc) is 3.36. The van der Waals surface area contributed by atoms with E-state index in [1.54, 1.807) is 24.6 Å². The van der Waals surface area contributed by atoms with E-state index in [1.165, 1.54) is 5.69 Å². The number of ether oxygens (including phenoxy) is 1. The lowest BCUT2D eigenvalue weighted by atomic mass is 10.1. The van der Waals surface area contributed by atoms with Crippen molar-refractivity contribution < 1.29 is 4.74 Å². The van der Waals surface area contributed by atoms with Crippen molar-refractivity contribution in [3.8, 4) is 16.5 Å². The van der Waals surface area contributed by atoms with E-state index in [0.29, 0.717) is 5.92 Å². The molecule has 3 heterocycles. The average molecular weight is 367 g/mol. The summed E-state index contributed by atoms with van der Waals surface area (Å²) in [5, 5.41) is 13.6. The van der Waals surface area contributed by atoms with Crippen LogP contribution in [0, 0.1) is 5.92 Å². The second-order valence-electron chi connectivity index (χ2n) is 6.28. The summed E-state index contributed by atoms with van der Waals surface area (Å²) in [4.78, 5) is 6.71. The van der Waals surface area contributed by atoms with E-state index in [9.17, 15) is 0 Å². The van der Waals surface area contributed by atoms with E-state index in [1.807, 2.05) is 30.3 Å². The van der Waals surface area contributed by atoms with Crippen LogP contribution in [0.4, 0.5) is 10.8 Å². The van der Waals surface area contributed by atoms with Crippen molar-refractivity contribution in [1.82, 2.24) is 15.2 Å². The SMILES string of the molecule is COc1ccccc1N1CCC(CNc2nnc(-c3ccccn3)s2)C1. The zero-order valence-corrected chi connectivity index (χ0v) is 15.4. The van der Waals surface area contributed by atoms with E-state index in [-0.39, 0.29) is 0 Å². The Hall–Kier alpha value is -2.67. The summed E-state index contributed by atoms with van der Waals surface area (Å²) < 4.78 is 5.49. The molecule has 1 unspecified atom stereocenters. The molecule has 1 fully saturated rings. The second-order valence-corrected chi connectivity index (χ2v) is 7.26. The highest BCUT2D eigenvalue weighted by atomic mass is 32.1. The molecule has 0 bridgehead atoms. The van der Waals surface area contributed by atoms with Gasteiger partial charge in [-0.1, -0.05) is 29.5 Å². The molecule has 1 atom stereocenters. The van der Waals surface area contributed by atoms with Crippen molar-refractivity contribution in [1.29, 1.82) is 0 Å². The van der Waals surface area contributed by atoms with Crippen LogP contribution in [-0.4, -0.2) is 41.9 Å². The Bertz CT molecular complexity index is 854. The molecule has 0 amide bonds. The number of methoxy groups -OCH3 is 1. The standard InChI is InChI=1S/C19H21N5OS/c1-25-17-8-3-2-7-16(17)24-11-9-14(13-24)12-21-19-23-22-18(26-19)15-6-4-5-10-20-15/h2-8,10,14H,9,11-13H2,1H3,(H,21,23). The molecule has 26 heavy (non-hydrogen) atoms. The number of pyridine rings is 1. The minimum atomic E-state index is 0.571. The highest BCUT2D eigenvalue weighted by Gasteiger charge is 2.24. The number of nitrogens with zero attached hydrogens (tertiary/aromatic N) is 4. The van der Waals surface area contributed by atoms with Gasteiger partial charge in [0.2, 0.25) is 5.13 Å². The molecular formula is C19H21N5OS. The molecular weight excluding hydrogens is 346 g/mol. The fourth-order valence-electron chi connectivity index (χ4n) is 3.23. The van der Waals surface area contributed by atoms with Gasteiger partial charge in [-0.05, 0) is 36.6 Å². The van der Waals surface area contributed by atoms with Crippen molar-refractivity contribution in [2.75, 3.05) is 37.0 Å². The van der Waals surface area contributed by atoms with Gasteiger partial charge in [-0.3, -0.25) is 4.98 Å². The van der Waals surface area contributed by atoms with E-state index < -0.39 is 0 Å². The zero-order valence-electron chi connectivity index (χ0n) is 14.6. The van der Waals surface area contributed by atoms with Gasteiger partial charge in [0.05, 0.1) is 12.8 Å². The number of aromatic nitrogens is 3. The van der Waals surface area contributed by atoms with Gasteiger partial charge in [0, 0.05) is 25.8 Å². The third-order valence-corrected chi connectivity index (χ3v) is 5.47. The Labute approximate surface area is 156 Å². The normalized spacial score (nSPS) is 16.7. The van der Waals surface area contributed by atoms with Crippen LogP contribution in [0.25, 0.3) is 10.7 Å². The topological polar surface area (TPSA) is 63.2 Å². The lowest BCUT2D eigenvalue weighted by Gasteiger charge is -2.21. The first kappa shape index (κ1) is 16.8. The van der Waals surface area contributed by atoms with Crippen molar-refractivity contribution in [2.45, 2.75) is 6.42 Å². The summed E-state index contributed by atoms with van der Waals surface area (Å²) in [6.07, 6.45) is 2.92. The minimum absolute atomic E-state index is 0.571. The van der Waals surface area contributed by atoms with Crippen molar-refractivity contribution in [2.24, 2.45) is 5.92 Å². The molecule has 0 radical (unpaired) electrons. The van der Waals surface area contributed by atoms with Gasteiger partial charge in [0.25, 0.3) is 0 Å². The fourth-order valence-corrected chi connectivity index (χ4v) is 3.96. The third kappa shape index (κ3) is 3.62. The Morgan fingerprint density at radius 1 is 1.19 bits per heavy atom. The summed E-state index contributed by atoms with van der Waals surface area (Å²) in [5.74, 6) is 1.51. The monoisotopic (exact) mass is 367 g/mol. The molecule has 6 nitrogen and oxygen atoms in total. The Balaban J connectivity index is 1.34. The van der Waals surface area contributed by atoms with Crippen LogP contribution in [0.2, 0.25) is 0 Å². The van der Waals surface area contributed by atoms with Crippen molar-refractivity contribution in [3.63, 3.8) is 0 Å². The summed E-state index contributed by atoms with van der Waals surface area (Å²) >= 11 is 1.54. The van der Waals surface area contributed by atoms with E-state index in [4.69, 9.17) is 4.74 Å². The number of para-hydroxylation sites is 2. The lowest BCUT2D eigenvalue weighted by molar-refractivity contribution is 0.414. The van der Waals surface area contributed by atoms with E-state index in [0.717, 1.165) is 47.6 Å². The second kappa shape index (κ2) is 7.70. The Morgan fingerprint density at radius 3 is 2.92 bits per heavy atom. The van der Waals surface area contributed by atoms with E-state index in [2.05, 4.69) is 37.5 Å². The molecule has 1 N–H and O–H groups in total. The maximum absolute atomic E-state index is 5.49. The minimum Gasteiger partial charge on any atom is -0.495 e. The first-order valence-corrected chi connectivity index (χ1v) is 9.52. The predicted octanol–water partition coefficient (Wildman–Crippen LogP) is 3.55. The van der Waals surface area contributed by atoms with Crippen molar-refractivity contribution in [3.05, 3.63) is 48.7 Å². The van der Waals surface area contributed by atoms with E-state index >= 15 is 0 Å². The van der Waals surface area contributed by atoms with Gasteiger partial charge < -0.3 is 15.0 Å². The first-order valence-electron chi connectivity index (χ1n) is 8.70. The molecule has 1 saturated heterocycles. The molecule has 4 rings (SSSR count). The Morgan fingerprint density at radius 2 is 2.08 bits per heavy atom. The first-order chi connectivity index (χ1) is 12.8. The summed E-state index contributed by atoms with van der Waals surface area (Å²) in [6, 6.07) is 14.0. The number of anilines is 2. The van der Waals surface area contributed by atoms with Crippen LogP contribution in [0.15, 0.2) is 48.7 Å². The lowest BCUT2D eigenvalue weighted by Crippen LogP contribution is -2.22. The molecule has 1 aliphatic rings. The quantitative estimate of drug-likeness (QED) is 0.719. The van der Waals surface area contributed by atoms with Gasteiger partial charge >= 0.3 is 0 Å². The van der Waals surface area contributed by atoms with Gasteiger partial charge in [-0.2, -0.15) is 0 Å². The van der Waals surface area contributed by atoms with Crippen molar-refractivity contribution >= 4 is 22.2 Å². The molecule has 2 aromatic heterocycles. The maximum atomic E-state index is 5.49. The number of hydrogen-bond donors (Lipinski definition) is 1. The predicted molar refractivity (Wildman–Crippen MR) is 105 cm³/mol. The summed E-state index contributed by atoms with van der Waals surface area (Å²) in [5.41, 5.74) is 2.03. The molecule has 1 aliphatic heterocycles. The van der Waals surface area contributed by atoms with Crippen LogP contribution in [0.3, 0.4) is 0 Å². The Kier molecular flexibility index (Phi) is 4.97. The maximum Gasteiger partial charge on any atom is 0.206 e. The van der Waals surface area contributed by atoms with Crippen LogP contribution in [0.1, 0.15) is 6.42 Å². The number of benzene rings is 1. The zero-order chi connectivity index (χ0) is 17.8. The third-order valence-electron chi connectivity index (χ3n) is 4.56. The fraction of sp³-hybridized carbons (Fsp3) is 0.316. The number of nitrogens with one attached hydrogen (secondary N) is 1. The largest absolute Gasteiger partial charge is 0.495 e. The molecule has 7 heteroatoms. The van der Waals surface area contributed by atoms with Crippen LogP contribution < -0.4 is 15.0 Å². The molecule has 3 aromatic rings. The molecule has 0 aliphatic carbocycles. The number of rotatable bonds is 6. The summed E-state index contributed by atoms with van der Waals surface area (Å²) in [6.45, 7) is 2.95. The molecule has 0 saturated carbocycles. The van der Waals surface area contributed by atoms with Gasteiger partial charge in [-0.25, -0.2) is 0 Å². The molecule has 0 spiro atoms. The van der Waals surface area contributed by atoms with Crippen LogP contribution >= 0.6 is 11.3 Å². The smallest absolute Gasteiger partial charge is 0.206 e. The molecule has 134 valence electrons.